The molecule has 2 atom stereocenters. The summed E-state index contributed by atoms with van der Waals surface area (Å²) in [5.74, 6) is 0.690. The summed E-state index contributed by atoms with van der Waals surface area (Å²) >= 11 is 0. The van der Waals surface area contributed by atoms with E-state index in [0.717, 1.165) is 19.5 Å². The van der Waals surface area contributed by atoms with Gasteiger partial charge in [-0.25, -0.2) is 0 Å². The van der Waals surface area contributed by atoms with Crippen LogP contribution in [-0.4, -0.2) is 43.3 Å². The first-order chi connectivity index (χ1) is 6.94. The van der Waals surface area contributed by atoms with Gasteiger partial charge in [0.05, 0.1) is 5.60 Å². The van der Waals surface area contributed by atoms with Gasteiger partial charge in [0.25, 0.3) is 0 Å². The van der Waals surface area contributed by atoms with E-state index in [-0.39, 0.29) is 5.60 Å². The number of hydrogen-bond acceptors (Lipinski definition) is 3. The summed E-state index contributed by atoms with van der Waals surface area (Å²) in [6, 6.07) is 0.338. The van der Waals surface area contributed by atoms with Crippen LogP contribution >= 0.6 is 0 Å². The Morgan fingerprint density at radius 1 is 1.53 bits per heavy atom. The largest absolute Gasteiger partial charge is 0.379 e. The maximum Gasteiger partial charge on any atom is 0.0634 e. The molecule has 1 fully saturated rings. The van der Waals surface area contributed by atoms with Gasteiger partial charge in [0.1, 0.15) is 0 Å². The molecule has 0 amide bonds. The summed E-state index contributed by atoms with van der Waals surface area (Å²) in [6.45, 7) is 9.90. The zero-order valence-electron chi connectivity index (χ0n) is 10.6. The smallest absolute Gasteiger partial charge is 0.0634 e. The summed E-state index contributed by atoms with van der Waals surface area (Å²) in [6.07, 6.45) is 2.35. The van der Waals surface area contributed by atoms with E-state index in [2.05, 4.69) is 25.7 Å². The molecule has 90 valence electrons. The van der Waals surface area contributed by atoms with Gasteiger partial charge in [0.2, 0.25) is 0 Å². The van der Waals surface area contributed by atoms with Crippen molar-refractivity contribution in [1.82, 2.24) is 4.90 Å². The molecule has 0 saturated carbocycles. The maximum absolute atomic E-state index is 5.92. The molecule has 0 aromatic heterocycles. The number of likely N-dealkylation sites (tertiary alicyclic amines) is 1. The Hall–Kier alpha value is -0.120. The van der Waals surface area contributed by atoms with Crippen LogP contribution in [0.5, 0.6) is 0 Å². The number of rotatable bonds is 5. The van der Waals surface area contributed by atoms with Crippen molar-refractivity contribution in [2.24, 2.45) is 11.7 Å². The van der Waals surface area contributed by atoms with E-state index in [1.807, 2.05) is 0 Å². The van der Waals surface area contributed by atoms with Crippen molar-refractivity contribution in [3.8, 4) is 0 Å². The second-order valence-corrected chi connectivity index (χ2v) is 5.42. The third-order valence-corrected chi connectivity index (χ3v) is 3.64. The van der Waals surface area contributed by atoms with Crippen molar-refractivity contribution in [2.45, 2.75) is 45.3 Å². The Labute approximate surface area is 94.0 Å². The van der Waals surface area contributed by atoms with Gasteiger partial charge in [-0.3, -0.25) is 0 Å². The predicted molar refractivity (Wildman–Crippen MR) is 63.9 cm³/mol. The van der Waals surface area contributed by atoms with E-state index in [1.54, 1.807) is 7.11 Å². The van der Waals surface area contributed by atoms with Crippen LogP contribution in [0.1, 0.15) is 33.6 Å². The van der Waals surface area contributed by atoms with Crippen LogP contribution in [0.4, 0.5) is 0 Å². The van der Waals surface area contributed by atoms with Crippen LogP contribution in [0.3, 0.4) is 0 Å². The number of hydrogen-bond donors (Lipinski definition) is 1. The van der Waals surface area contributed by atoms with Crippen LogP contribution < -0.4 is 5.73 Å². The summed E-state index contributed by atoms with van der Waals surface area (Å²) in [7, 11) is 1.79. The molecule has 2 unspecified atom stereocenters. The molecule has 2 N–H and O–H groups in total. The molecule has 1 saturated heterocycles. The highest BCUT2D eigenvalue weighted by atomic mass is 16.5. The van der Waals surface area contributed by atoms with Gasteiger partial charge in [-0.2, -0.15) is 0 Å². The number of nitrogens with zero attached hydrogens (tertiary/aromatic N) is 1. The summed E-state index contributed by atoms with van der Waals surface area (Å²) in [5, 5.41) is 0. The topological polar surface area (TPSA) is 38.5 Å². The standard InChI is InChI=1S/C12H26N2O/c1-10(13)11-5-7-14(9-11)8-6-12(2,3)15-4/h10-11H,5-9,13H2,1-4H3. The first-order valence-electron chi connectivity index (χ1n) is 5.98. The molecule has 0 aromatic carbocycles. The summed E-state index contributed by atoms with van der Waals surface area (Å²) < 4.78 is 5.42. The van der Waals surface area contributed by atoms with Crippen LogP contribution in [0.25, 0.3) is 0 Å². The number of methoxy groups -OCH3 is 1. The van der Waals surface area contributed by atoms with Crippen molar-refractivity contribution in [2.75, 3.05) is 26.7 Å². The van der Waals surface area contributed by atoms with Crippen LogP contribution in [0.15, 0.2) is 0 Å². The van der Waals surface area contributed by atoms with Crippen molar-refractivity contribution in [3.05, 3.63) is 0 Å². The lowest BCUT2D eigenvalue weighted by molar-refractivity contribution is 0.00874. The van der Waals surface area contributed by atoms with Crippen molar-refractivity contribution < 1.29 is 4.74 Å². The molecule has 0 spiro atoms. The molecule has 0 bridgehead atoms. The zero-order valence-corrected chi connectivity index (χ0v) is 10.6. The van der Waals surface area contributed by atoms with Gasteiger partial charge >= 0.3 is 0 Å². The lowest BCUT2D eigenvalue weighted by Gasteiger charge is -2.26. The average Bonchev–Trinajstić information content (AvgIpc) is 2.63. The molecular formula is C12H26N2O. The van der Waals surface area contributed by atoms with Gasteiger partial charge < -0.3 is 15.4 Å². The normalized spacial score (nSPS) is 25.8. The van der Waals surface area contributed by atoms with E-state index >= 15 is 0 Å². The first kappa shape index (κ1) is 12.9. The van der Waals surface area contributed by atoms with Crippen molar-refractivity contribution >= 4 is 0 Å². The quantitative estimate of drug-likeness (QED) is 0.753. The SMILES string of the molecule is COC(C)(C)CCN1CCC(C(C)N)C1. The van der Waals surface area contributed by atoms with Crippen LogP contribution in [-0.2, 0) is 4.74 Å². The molecule has 3 nitrogen and oxygen atoms in total. The van der Waals surface area contributed by atoms with Crippen molar-refractivity contribution in [1.29, 1.82) is 0 Å². The lowest BCUT2D eigenvalue weighted by atomic mass is 10.0. The third-order valence-electron chi connectivity index (χ3n) is 3.64. The molecule has 3 heteroatoms. The van der Waals surface area contributed by atoms with Gasteiger partial charge in [0, 0.05) is 26.2 Å². The predicted octanol–water partition coefficient (Wildman–Crippen LogP) is 1.47. The van der Waals surface area contributed by atoms with Gasteiger partial charge in [-0.15, -0.1) is 0 Å². The molecule has 1 aliphatic rings. The minimum Gasteiger partial charge on any atom is -0.379 e. The third kappa shape index (κ3) is 4.09. The molecule has 0 aromatic rings. The first-order valence-corrected chi connectivity index (χ1v) is 5.98. The fraction of sp³-hybridized carbons (Fsp3) is 1.00. The maximum atomic E-state index is 5.92. The lowest BCUT2D eigenvalue weighted by Crippen LogP contribution is -2.33. The number of nitrogens with two attached hydrogens (primary N) is 1. The Kier molecular flexibility index (Phi) is 4.56. The van der Waals surface area contributed by atoms with E-state index in [4.69, 9.17) is 10.5 Å². The number of ether oxygens (including phenoxy) is 1. The van der Waals surface area contributed by atoms with E-state index in [9.17, 15) is 0 Å². The molecule has 1 rings (SSSR count). The van der Waals surface area contributed by atoms with Crippen molar-refractivity contribution in [3.63, 3.8) is 0 Å². The molecule has 15 heavy (non-hydrogen) atoms. The highest BCUT2D eigenvalue weighted by molar-refractivity contribution is 4.82. The Bertz CT molecular complexity index is 192. The monoisotopic (exact) mass is 214 g/mol. The minimum atomic E-state index is 0.00637. The summed E-state index contributed by atoms with van der Waals surface area (Å²) in [5.41, 5.74) is 5.92. The molecular weight excluding hydrogens is 188 g/mol. The van der Waals surface area contributed by atoms with Crippen LogP contribution in [0, 0.1) is 5.92 Å². The molecule has 1 heterocycles. The average molecular weight is 214 g/mol. The van der Waals surface area contributed by atoms with E-state index in [1.165, 1.54) is 13.0 Å². The fourth-order valence-electron chi connectivity index (χ4n) is 2.02. The van der Waals surface area contributed by atoms with E-state index < -0.39 is 0 Å². The molecule has 0 radical (unpaired) electrons. The Morgan fingerprint density at radius 2 is 2.20 bits per heavy atom. The minimum absolute atomic E-state index is 0.00637. The van der Waals surface area contributed by atoms with Gasteiger partial charge in [-0.05, 0) is 46.1 Å². The summed E-state index contributed by atoms with van der Waals surface area (Å²) in [4.78, 5) is 2.51. The second kappa shape index (κ2) is 5.28. The van der Waals surface area contributed by atoms with Gasteiger partial charge in [-0.1, -0.05) is 0 Å². The van der Waals surface area contributed by atoms with E-state index in [0.29, 0.717) is 12.0 Å². The highest BCUT2D eigenvalue weighted by Crippen LogP contribution is 2.21. The molecule has 0 aliphatic carbocycles. The zero-order chi connectivity index (χ0) is 11.5. The Morgan fingerprint density at radius 3 is 2.67 bits per heavy atom. The molecule has 1 aliphatic heterocycles. The highest BCUT2D eigenvalue weighted by Gasteiger charge is 2.26. The van der Waals surface area contributed by atoms with Crippen LogP contribution in [0.2, 0.25) is 0 Å². The Balaban J connectivity index is 2.25. The fourth-order valence-corrected chi connectivity index (χ4v) is 2.02. The second-order valence-electron chi connectivity index (χ2n) is 5.42. The van der Waals surface area contributed by atoms with Gasteiger partial charge in [0.15, 0.2) is 0 Å².